The Balaban J connectivity index is 0. The topological polar surface area (TPSA) is 38.3 Å². The number of methoxy groups -OCH3 is 1. The van der Waals surface area contributed by atoms with E-state index in [1.807, 2.05) is 13.8 Å². The maximum atomic E-state index is 10.00. The zero-order valence-corrected chi connectivity index (χ0v) is 10.7. The summed E-state index contributed by atoms with van der Waals surface area (Å²) in [6.45, 7) is 7.82. The third-order valence-corrected chi connectivity index (χ3v) is 2.10. The van der Waals surface area contributed by atoms with Crippen molar-refractivity contribution in [1.29, 1.82) is 0 Å². The van der Waals surface area contributed by atoms with Crippen molar-refractivity contribution >= 4 is 6.41 Å². The number of hydrogen-bond acceptors (Lipinski definition) is 2. The molecule has 0 aliphatic heterocycles. The highest BCUT2D eigenvalue weighted by molar-refractivity contribution is 5.45. The SMILES string of the molecule is CC.COCCCCCC(C)CNC=O. The van der Waals surface area contributed by atoms with E-state index in [1.165, 1.54) is 19.3 Å². The van der Waals surface area contributed by atoms with Gasteiger partial charge in [-0.25, -0.2) is 0 Å². The first-order valence-corrected chi connectivity index (χ1v) is 5.97. The Labute approximate surface area is 94.6 Å². The summed E-state index contributed by atoms with van der Waals surface area (Å²) in [7, 11) is 1.73. The van der Waals surface area contributed by atoms with E-state index in [0.29, 0.717) is 5.92 Å². The number of ether oxygens (including phenoxy) is 1. The van der Waals surface area contributed by atoms with Gasteiger partial charge in [-0.05, 0) is 18.8 Å². The van der Waals surface area contributed by atoms with E-state index < -0.39 is 0 Å². The zero-order valence-electron chi connectivity index (χ0n) is 10.7. The van der Waals surface area contributed by atoms with Gasteiger partial charge in [-0.2, -0.15) is 0 Å². The number of carbonyl (C=O) groups excluding carboxylic acids is 1. The predicted molar refractivity (Wildman–Crippen MR) is 64.9 cm³/mol. The minimum absolute atomic E-state index is 0.591. The van der Waals surface area contributed by atoms with Gasteiger partial charge in [0.2, 0.25) is 6.41 Å². The normalized spacial score (nSPS) is 11.2. The van der Waals surface area contributed by atoms with Gasteiger partial charge in [0, 0.05) is 20.3 Å². The third-order valence-electron chi connectivity index (χ3n) is 2.10. The molecule has 0 aromatic heterocycles. The summed E-state index contributed by atoms with van der Waals surface area (Å²) in [5, 5.41) is 2.69. The maximum absolute atomic E-state index is 10.00. The Hall–Kier alpha value is -0.570. The lowest BCUT2D eigenvalue weighted by atomic mass is 10.0. The predicted octanol–water partition coefficient (Wildman–Crippen LogP) is 2.60. The van der Waals surface area contributed by atoms with Crippen molar-refractivity contribution in [3.63, 3.8) is 0 Å². The standard InChI is InChI=1S/C10H21NO2.C2H6/c1-10(8-11-9-12)6-4-3-5-7-13-2;1-2/h9-10H,3-8H2,1-2H3,(H,11,12);1-2H3. The number of carbonyl (C=O) groups is 1. The van der Waals surface area contributed by atoms with E-state index in [4.69, 9.17) is 4.74 Å². The van der Waals surface area contributed by atoms with Crippen molar-refractivity contribution in [3.05, 3.63) is 0 Å². The van der Waals surface area contributed by atoms with Crippen molar-refractivity contribution in [1.82, 2.24) is 5.32 Å². The molecule has 15 heavy (non-hydrogen) atoms. The zero-order chi connectivity index (χ0) is 11.9. The van der Waals surface area contributed by atoms with E-state index in [2.05, 4.69) is 12.2 Å². The van der Waals surface area contributed by atoms with Crippen LogP contribution >= 0.6 is 0 Å². The molecule has 3 heteroatoms. The summed E-state index contributed by atoms with van der Waals surface area (Å²) in [4.78, 5) is 10.00. The fourth-order valence-electron chi connectivity index (χ4n) is 1.27. The van der Waals surface area contributed by atoms with Gasteiger partial charge in [0.15, 0.2) is 0 Å². The molecular weight excluding hydrogens is 190 g/mol. The Morgan fingerprint density at radius 3 is 2.47 bits per heavy atom. The van der Waals surface area contributed by atoms with Crippen LogP contribution in [0.15, 0.2) is 0 Å². The number of hydrogen-bond donors (Lipinski definition) is 1. The fraction of sp³-hybridized carbons (Fsp3) is 0.917. The van der Waals surface area contributed by atoms with Gasteiger partial charge >= 0.3 is 0 Å². The summed E-state index contributed by atoms with van der Waals surface area (Å²) >= 11 is 0. The van der Waals surface area contributed by atoms with Crippen molar-refractivity contribution in [2.24, 2.45) is 5.92 Å². The molecule has 1 unspecified atom stereocenters. The van der Waals surface area contributed by atoms with Crippen molar-refractivity contribution in [2.75, 3.05) is 20.3 Å². The maximum Gasteiger partial charge on any atom is 0.207 e. The van der Waals surface area contributed by atoms with Crippen molar-refractivity contribution < 1.29 is 9.53 Å². The fourth-order valence-corrected chi connectivity index (χ4v) is 1.27. The van der Waals surface area contributed by atoms with Crippen LogP contribution in [0.25, 0.3) is 0 Å². The third kappa shape index (κ3) is 16.1. The quantitative estimate of drug-likeness (QED) is 0.476. The minimum atomic E-state index is 0.591. The molecule has 0 spiro atoms. The average Bonchev–Trinajstić information content (AvgIpc) is 2.29. The van der Waals surface area contributed by atoms with Gasteiger partial charge in [0.05, 0.1) is 0 Å². The van der Waals surface area contributed by atoms with Crippen LogP contribution in [0.3, 0.4) is 0 Å². The number of nitrogens with one attached hydrogen (secondary N) is 1. The molecule has 92 valence electrons. The highest BCUT2D eigenvalue weighted by Gasteiger charge is 2.00. The minimum Gasteiger partial charge on any atom is -0.385 e. The molecule has 0 saturated heterocycles. The molecule has 0 heterocycles. The molecule has 3 nitrogen and oxygen atoms in total. The lowest BCUT2D eigenvalue weighted by Gasteiger charge is -2.09. The Morgan fingerprint density at radius 2 is 1.93 bits per heavy atom. The van der Waals surface area contributed by atoms with Crippen LogP contribution in [-0.2, 0) is 9.53 Å². The molecule has 0 aromatic carbocycles. The Kier molecular flexibility index (Phi) is 17.8. The summed E-state index contributed by atoms with van der Waals surface area (Å²) in [5.74, 6) is 0.591. The Morgan fingerprint density at radius 1 is 1.27 bits per heavy atom. The summed E-state index contributed by atoms with van der Waals surface area (Å²) in [6, 6.07) is 0. The first kappa shape index (κ1) is 16.8. The van der Waals surface area contributed by atoms with Crippen LogP contribution in [0.2, 0.25) is 0 Å². The molecule has 0 aliphatic carbocycles. The van der Waals surface area contributed by atoms with Gasteiger partial charge in [0.25, 0.3) is 0 Å². The number of amides is 1. The van der Waals surface area contributed by atoms with Gasteiger partial charge in [0.1, 0.15) is 0 Å². The number of unbranched alkanes of at least 4 members (excludes halogenated alkanes) is 2. The van der Waals surface area contributed by atoms with Gasteiger partial charge < -0.3 is 10.1 Å². The summed E-state index contributed by atoms with van der Waals surface area (Å²) in [5.41, 5.74) is 0. The molecule has 0 fully saturated rings. The van der Waals surface area contributed by atoms with E-state index >= 15 is 0 Å². The van der Waals surface area contributed by atoms with Gasteiger partial charge in [-0.1, -0.05) is 33.6 Å². The molecule has 0 bridgehead atoms. The second-order valence-electron chi connectivity index (χ2n) is 3.47. The van der Waals surface area contributed by atoms with Crippen LogP contribution in [-0.4, -0.2) is 26.7 Å². The highest BCUT2D eigenvalue weighted by Crippen LogP contribution is 2.08. The van der Waals surface area contributed by atoms with Crippen LogP contribution in [0.1, 0.15) is 46.5 Å². The highest BCUT2D eigenvalue weighted by atomic mass is 16.5. The van der Waals surface area contributed by atoms with Crippen LogP contribution in [0.5, 0.6) is 0 Å². The monoisotopic (exact) mass is 217 g/mol. The molecule has 0 aromatic rings. The van der Waals surface area contributed by atoms with E-state index in [9.17, 15) is 4.79 Å². The second-order valence-corrected chi connectivity index (χ2v) is 3.47. The molecule has 0 rings (SSSR count). The average molecular weight is 217 g/mol. The molecule has 1 amide bonds. The van der Waals surface area contributed by atoms with Crippen LogP contribution < -0.4 is 5.32 Å². The van der Waals surface area contributed by atoms with E-state index in [-0.39, 0.29) is 0 Å². The smallest absolute Gasteiger partial charge is 0.207 e. The lowest BCUT2D eigenvalue weighted by molar-refractivity contribution is -0.109. The molecular formula is C12H27NO2. The van der Waals surface area contributed by atoms with Crippen molar-refractivity contribution in [3.8, 4) is 0 Å². The van der Waals surface area contributed by atoms with Crippen molar-refractivity contribution in [2.45, 2.75) is 46.5 Å². The molecule has 1 N–H and O–H groups in total. The Bertz CT molecular complexity index is 118. The van der Waals surface area contributed by atoms with E-state index in [1.54, 1.807) is 7.11 Å². The molecule has 0 saturated carbocycles. The van der Waals surface area contributed by atoms with Crippen LogP contribution in [0, 0.1) is 5.92 Å². The summed E-state index contributed by atoms with van der Waals surface area (Å²) in [6.07, 6.45) is 5.54. The van der Waals surface area contributed by atoms with Gasteiger partial charge in [-0.15, -0.1) is 0 Å². The lowest BCUT2D eigenvalue weighted by Crippen LogP contribution is -2.19. The largest absolute Gasteiger partial charge is 0.385 e. The first-order valence-electron chi connectivity index (χ1n) is 5.97. The second kappa shape index (κ2) is 15.9. The van der Waals surface area contributed by atoms with E-state index in [0.717, 1.165) is 26.0 Å². The molecule has 0 aliphatic rings. The summed E-state index contributed by atoms with van der Waals surface area (Å²) < 4.78 is 4.96. The van der Waals surface area contributed by atoms with Gasteiger partial charge in [-0.3, -0.25) is 4.79 Å². The van der Waals surface area contributed by atoms with Crippen LogP contribution in [0.4, 0.5) is 0 Å². The number of rotatable bonds is 9. The first-order chi connectivity index (χ1) is 7.31. The molecule has 0 radical (unpaired) electrons. The molecule has 1 atom stereocenters.